The van der Waals surface area contributed by atoms with Crippen LogP contribution in [0.3, 0.4) is 0 Å². The summed E-state index contributed by atoms with van der Waals surface area (Å²) in [4.78, 5) is 0.227. The second kappa shape index (κ2) is 7.73. The van der Waals surface area contributed by atoms with Gasteiger partial charge in [-0.25, -0.2) is 13.1 Å². The van der Waals surface area contributed by atoms with Crippen molar-refractivity contribution in [2.75, 3.05) is 19.5 Å². The third-order valence-corrected chi connectivity index (χ3v) is 5.63. The molecule has 27 heavy (non-hydrogen) atoms. The molecular formula is C19H20N4O3S. The van der Waals surface area contributed by atoms with Gasteiger partial charge in [-0.1, -0.05) is 12.1 Å². The molecule has 0 unspecified atom stereocenters. The molecular weight excluding hydrogens is 364 g/mol. The van der Waals surface area contributed by atoms with E-state index in [1.807, 2.05) is 30.3 Å². The van der Waals surface area contributed by atoms with Crippen LogP contribution in [-0.4, -0.2) is 32.8 Å². The van der Waals surface area contributed by atoms with Crippen LogP contribution in [0, 0.1) is 6.92 Å². The first kappa shape index (κ1) is 18.8. The molecule has 0 saturated heterocycles. The lowest BCUT2D eigenvalue weighted by Gasteiger charge is -2.09. The lowest BCUT2D eigenvalue weighted by molar-refractivity contribution is 0.415. The lowest BCUT2D eigenvalue weighted by atomic mass is 10.1. The Kier molecular flexibility index (Phi) is 5.38. The van der Waals surface area contributed by atoms with Gasteiger partial charge in [0.15, 0.2) is 5.82 Å². The standard InChI is InChI=1S/C19H20N4O3S/c1-13-4-5-14(12-18(13)27(24,25)20-2)17-10-11-19(23-22-17)21-15-6-8-16(26-3)9-7-15/h4-12,20H,1-3H3,(H,21,23). The highest BCUT2D eigenvalue weighted by molar-refractivity contribution is 7.89. The number of nitrogens with zero attached hydrogens (tertiary/aromatic N) is 2. The van der Waals surface area contributed by atoms with E-state index in [2.05, 4.69) is 20.2 Å². The molecule has 1 heterocycles. The third-order valence-electron chi connectivity index (χ3n) is 4.07. The second-order valence-electron chi connectivity index (χ2n) is 5.85. The monoisotopic (exact) mass is 384 g/mol. The zero-order valence-corrected chi connectivity index (χ0v) is 16.0. The zero-order valence-electron chi connectivity index (χ0n) is 15.2. The molecule has 2 aromatic carbocycles. The van der Waals surface area contributed by atoms with E-state index in [4.69, 9.17) is 4.74 Å². The number of methoxy groups -OCH3 is 1. The molecule has 0 aliphatic carbocycles. The molecule has 0 bridgehead atoms. The molecule has 3 aromatic rings. The Bertz CT molecular complexity index is 1030. The van der Waals surface area contributed by atoms with Crippen LogP contribution in [-0.2, 0) is 10.0 Å². The molecule has 2 N–H and O–H groups in total. The summed E-state index contributed by atoms with van der Waals surface area (Å²) >= 11 is 0. The fourth-order valence-corrected chi connectivity index (χ4v) is 3.53. The Morgan fingerprint density at radius 3 is 2.30 bits per heavy atom. The SMILES string of the molecule is CNS(=O)(=O)c1cc(-c2ccc(Nc3ccc(OC)cc3)nn2)ccc1C. The summed E-state index contributed by atoms with van der Waals surface area (Å²) in [6.07, 6.45) is 0. The van der Waals surface area contributed by atoms with Gasteiger partial charge in [0.1, 0.15) is 5.75 Å². The summed E-state index contributed by atoms with van der Waals surface area (Å²) in [5, 5.41) is 11.5. The molecule has 0 aliphatic rings. The first-order valence-corrected chi connectivity index (χ1v) is 9.70. The minimum absolute atomic E-state index is 0.227. The van der Waals surface area contributed by atoms with E-state index in [-0.39, 0.29) is 4.90 Å². The maximum absolute atomic E-state index is 12.1. The fourth-order valence-electron chi connectivity index (χ4n) is 2.53. The van der Waals surface area contributed by atoms with E-state index in [9.17, 15) is 8.42 Å². The van der Waals surface area contributed by atoms with Crippen LogP contribution >= 0.6 is 0 Å². The van der Waals surface area contributed by atoms with Crippen LogP contribution < -0.4 is 14.8 Å². The van der Waals surface area contributed by atoms with Gasteiger partial charge in [0.25, 0.3) is 0 Å². The molecule has 0 fully saturated rings. The zero-order chi connectivity index (χ0) is 19.4. The molecule has 0 saturated carbocycles. The molecule has 1 aromatic heterocycles. The molecule has 0 amide bonds. The molecule has 0 spiro atoms. The maximum atomic E-state index is 12.1. The van der Waals surface area contributed by atoms with Crippen molar-refractivity contribution in [2.24, 2.45) is 0 Å². The summed E-state index contributed by atoms with van der Waals surface area (Å²) < 4.78 is 31.8. The highest BCUT2D eigenvalue weighted by Crippen LogP contribution is 2.24. The van der Waals surface area contributed by atoms with Gasteiger partial charge in [-0.3, -0.25) is 0 Å². The van der Waals surface area contributed by atoms with Gasteiger partial charge in [0.2, 0.25) is 10.0 Å². The van der Waals surface area contributed by atoms with Crippen LogP contribution in [0.2, 0.25) is 0 Å². The maximum Gasteiger partial charge on any atom is 0.240 e. The predicted molar refractivity (Wildman–Crippen MR) is 105 cm³/mol. The Morgan fingerprint density at radius 1 is 0.963 bits per heavy atom. The van der Waals surface area contributed by atoms with Crippen LogP contribution in [0.1, 0.15) is 5.56 Å². The van der Waals surface area contributed by atoms with E-state index < -0.39 is 10.0 Å². The normalized spacial score (nSPS) is 11.2. The van der Waals surface area contributed by atoms with Gasteiger partial charge in [-0.2, -0.15) is 0 Å². The van der Waals surface area contributed by atoms with E-state index in [1.54, 1.807) is 38.3 Å². The van der Waals surface area contributed by atoms with Crippen LogP contribution in [0.15, 0.2) is 59.5 Å². The van der Waals surface area contributed by atoms with Gasteiger partial charge in [0, 0.05) is 11.3 Å². The summed E-state index contributed by atoms with van der Waals surface area (Å²) in [5.74, 6) is 1.35. The van der Waals surface area contributed by atoms with Crippen LogP contribution in [0.25, 0.3) is 11.3 Å². The fraction of sp³-hybridized carbons (Fsp3) is 0.158. The van der Waals surface area contributed by atoms with Crippen molar-refractivity contribution in [3.8, 4) is 17.0 Å². The van der Waals surface area contributed by atoms with Crippen LogP contribution in [0.4, 0.5) is 11.5 Å². The first-order valence-electron chi connectivity index (χ1n) is 8.22. The lowest BCUT2D eigenvalue weighted by Crippen LogP contribution is -2.19. The average molecular weight is 384 g/mol. The molecule has 0 aliphatic heterocycles. The number of rotatable bonds is 6. The molecule has 0 radical (unpaired) electrons. The van der Waals surface area contributed by atoms with Crippen molar-refractivity contribution in [1.29, 1.82) is 0 Å². The van der Waals surface area contributed by atoms with Crippen molar-refractivity contribution in [1.82, 2.24) is 14.9 Å². The molecule has 8 heteroatoms. The molecule has 140 valence electrons. The number of aryl methyl sites for hydroxylation is 1. The van der Waals surface area contributed by atoms with Crippen molar-refractivity contribution < 1.29 is 13.2 Å². The smallest absolute Gasteiger partial charge is 0.240 e. The molecule has 0 atom stereocenters. The van der Waals surface area contributed by atoms with Gasteiger partial charge < -0.3 is 10.1 Å². The third kappa shape index (κ3) is 4.24. The highest BCUT2D eigenvalue weighted by atomic mass is 32.2. The van der Waals surface area contributed by atoms with Crippen molar-refractivity contribution >= 4 is 21.5 Å². The van der Waals surface area contributed by atoms with Gasteiger partial charge >= 0.3 is 0 Å². The Balaban J connectivity index is 1.84. The second-order valence-corrected chi connectivity index (χ2v) is 7.70. The van der Waals surface area contributed by atoms with Crippen LogP contribution in [0.5, 0.6) is 5.75 Å². The molecule has 7 nitrogen and oxygen atoms in total. The van der Waals surface area contributed by atoms with E-state index >= 15 is 0 Å². The Morgan fingerprint density at radius 2 is 1.70 bits per heavy atom. The summed E-state index contributed by atoms with van der Waals surface area (Å²) in [6.45, 7) is 1.75. The predicted octanol–water partition coefficient (Wildman–Crippen LogP) is 3.11. The Labute approximate surface area is 158 Å². The number of aromatic nitrogens is 2. The highest BCUT2D eigenvalue weighted by Gasteiger charge is 2.16. The minimum Gasteiger partial charge on any atom is -0.497 e. The van der Waals surface area contributed by atoms with Crippen molar-refractivity contribution in [2.45, 2.75) is 11.8 Å². The van der Waals surface area contributed by atoms with Crippen molar-refractivity contribution in [3.05, 3.63) is 60.2 Å². The number of nitrogens with one attached hydrogen (secondary N) is 2. The van der Waals surface area contributed by atoms with Gasteiger partial charge in [-0.15, -0.1) is 10.2 Å². The number of sulfonamides is 1. The van der Waals surface area contributed by atoms with E-state index in [1.165, 1.54) is 7.05 Å². The van der Waals surface area contributed by atoms with Gasteiger partial charge in [-0.05, 0) is 62.0 Å². The topological polar surface area (TPSA) is 93.2 Å². The average Bonchev–Trinajstić information content (AvgIpc) is 2.69. The van der Waals surface area contributed by atoms with Gasteiger partial charge in [0.05, 0.1) is 17.7 Å². The number of hydrogen-bond donors (Lipinski definition) is 2. The summed E-state index contributed by atoms with van der Waals surface area (Å²) in [6, 6.07) is 16.2. The molecule has 3 rings (SSSR count). The quantitative estimate of drug-likeness (QED) is 0.678. The van der Waals surface area contributed by atoms with E-state index in [0.29, 0.717) is 22.6 Å². The number of benzene rings is 2. The number of ether oxygens (including phenoxy) is 1. The van der Waals surface area contributed by atoms with E-state index in [0.717, 1.165) is 11.4 Å². The largest absolute Gasteiger partial charge is 0.497 e. The summed E-state index contributed by atoms with van der Waals surface area (Å²) in [7, 11) is -0.529. The minimum atomic E-state index is -3.53. The Hall–Kier alpha value is -2.97. The van der Waals surface area contributed by atoms with Crippen molar-refractivity contribution in [3.63, 3.8) is 0 Å². The first-order chi connectivity index (χ1) is 12.9. The number of anilines is 2. The summed E-state index contributed by atoms with van der Waals surface area (Å²) in [5.41, 5.74) is 2.79. The number of hydrogen-bond acceptors (Lipinski definition) is 6.